The number of ether oxygens (including phenoxy) is 1. The van der Waals surface area contributed by atoms with Crippen molar-refractivity contribution in [3.05, 3.63) is 30.1 Å². The second kappa shape index (κ2) is 3.75. The highest BCUT2D eigenvalue weighted by molar-refractivity contribution is 4.95. The Morgan fingerprint density at radius 3 is 2.62 bits per heavy atom. The molecule has 1 aromatic rings. The van der Waals surface area contributed by atoms with Crippen LogP contribution in [0.4, 0.5) is 0 Å². The summed E-state index contributed by atoms with van der Waals surface area (Å²) in [6.07, 6.45) is 1.58. The molecule has 1 heterocycles. The second-order valence-electron chi connectivity index (χ2n) is 3.94. The Kier molecular flexibility index (Phi) is 2.88. The van der Waals surface area contributed by atoms with Crippen molar-refractivity contribution in [2.75, 3.05) is 0 Å². The van der Waals surface area contributed by atoms with E-state index in [1.54, 1.807) is 12.3 Å². The van der Waals surface area contributed by atoms with Crippen LogP contribution in [0.2, 0.25) is 0 Å². The van der Waals surface area contributed by atoms with E-state index in [1.165, 1.54) is 0 Å². The zero-order chi connectivity index (χ0) is 9.90. The van der Waals surface area contributed by atoms with Crippen molar-refractivity contribution in [2.24, 2.45) is 0 Å². The van der Waals surface area contributed by atoms with Gasteiger partial charge in [0.1, 0.15) is 6.61 Å². The van der Waals surface area contributed by atoms with Gasteiger partial charge in [0.2, 0.25) is 6.20 Å². The molecule has 0 unspecified atom stereocenters. The van der Waals surface area contributed by atoms with Crippen molar-refractivity contribution in [2.45, 2.75) is 33.0 Å². The van der Waals surface area contributed by atoms with Crippen LogP contribution in [0.1, 0.15) is 26.5 Å². The van der Waals surface area contributed by atoms with Crippen LogP contribution in [0.3, 0.4) is 0 Å². The molecule has 0 atom stereocenters. The van der Waals surface area contributed by atoms with E-state index in [4.69, 9.17) is 4.74 Å². The van der Waals surface area contributed by atoms with E-state index in [1.807, 2.05) is 32.9 Å². The molecule has 1 rings (SSSR count). The number of rotatable bonds is 2. The van der Waals surface area contributed by atoms with Crippen LogP contribution in [0.15, 0.2) is 24.4 Å². The lowest BCUT2D eigenvalue weighted by Crippen LogP contribution is -2.36. The van der Waals surface area contributed by atoms with Gasteiger partial charge in [-0.3, -0.25) is 5.21 Å². The van der Waals surface area contributed by atoms with E-state index in [9.17, 15) is 5.21 Å². The minimum absolute atomic E-state index is 0.178. The largest absolute Gasteiger partial charge is 0.365 e. The van der Waals surface area contributed by atoms with E-state index in [2.05, 4.69) is 0 Å². The van der Waals surface area contributed by atoms with Crippen molar-refractivity contribution < 1.29 is 14.7 Å². The van der Waals surface area contributed by atoms with Crippen molar-refractivity contribution in [3.63, 3.8) is 0 Å². The minimum atomic E-state index is -0.178. The zero-order valence-corrected chi connectivity index (χ0v) is 8.32. The minimum Gasteiger partial charge on any atom is -0.365 e. The molecule has 0 fully saturated rings. The molecule has 1 aromatic heterocycles. The summed E-state index contributed by atoms with van der Waals surface area (Å²) in [7, 11) is 0. The SMILES string of the molecule is CC(C)(C)OCc1cccc[n+]1O. The van der Waals surface area contributed by atoms with E-state index in [-0.39, 0.29) is 5.60 Å². The van der Waals surface area contributed by atoms with Gasteiger partial charge in [0.05, 0.1) is 5.60 Å². The lowest BCUT2D eigenvalue weighted by atomic mass is 10.2. The highest BCUT2D eigenvalue weighted by Crippen LogP contribution is 2.09. The lowest BCUT2D eigenvalue weighted by molar-refractivity contribution is -0.910. The fourth-order valence-electron chi connectivity index (χ4n) is 0.875. The van der Waals surface area contributed by atoms with Gasteiger partial charge in [-0.2, -0.15) is 0 Å². The van der Waals surface area contributed by atoms with Gasteiger partial charge >= 0.3 is 0 Å². The first-order chi connectivity index (χ1) is 5.99. The number of aromatic nitrogens is 1. The Bertz CT molecular complexity index is 278. The average Bonchev–Trinajstić information content (AvgIpc) is 2.01. The summed E-state index contributed by atoms with van der Waals surface area (Å²) in [5, 5.41) is 9.34. The highest BCUT2D eigenvalue weighted by Gasteiger charge is 2.15. The van der Waals surface area contributed by atoms with Gasteiger partial charge in [-0.05, 0) is 26.8 Å². The summed E-state index contributed by atoms with van der Waals surface area (Å²) >= 11 is 0. The Hall–Kier alpha value is -1.09. The van der Waals surface area contributed by atoms with Crippen LogP contribution in [-0.4, -0.2) is 10.8 Å². The normalized spacial score (nSPS) is 11.6. The summed E-state index contributed by atoms with van der Waals surface area (Å²) < 4.78 is 6.59. The van der Waals surface area contributed by atoms with Crippen LogP contribution in [0.25, 0.3) is 0 Å². The topological polar surface area (TPSA) is 33.3 Å². The molecule has 0 saturated heterocycles. The van der Waals surface area contributed by atoms with Crippen LogP contribution >= 0.6 is 0 Å². The molecule has 0 bridgehead atoms. The monoisotopic (exact) mass is 182 g/mol. The molecule has 0 amide bonds. The first kappa shape index (κ1) is 9.99. The molecule has 0 aliphatic carbocycles. The Morgan fingerprint density at radius 2 is 2.08 bits per heavy atom. The molecule has 1 N–H and O–H groups in total. The second-order valence-corrected chi connectivity index (χ2v) is 3.94. The van der Waals surface area contributed by atoms with E-state index in [0.29, 0.717) is 6.61 Å². The predicted molar refractivity (Wildman–Crippen MR) is 48.4 cm³/mol. The van der Waals surface area contributed by atoms with Gasteiger partial charge in [0.15, 0.2) is 0 Å². The summed E-state index contributed by atoms with van der Waals surface area (Å²) in [5.74, 6) is 0. The number of pyridine rings is 1. The van der Waals surface area contributed by atoms with Gasteiger partial charge < -0.3 is 4.74 Å². The standard InChI is InChI=1S/C10H16NO2/c1-10(2,3)13-8-9-6-4-5-7-11(9)12/h4-7,12H,8H2,1-3H3/q+1. The quantitative estimate of drug-likeness (QED) is 0.556. The summed E-state index contributed by atoms with van der Waals surface area (Å²) in [5.41, 5.74) is 0.570. The van der Waals surface area contributed by atoms with Crippen molar-refractivity contribution in [1.82, 2.24) is 0 Å². The highest BCUT2D eigenvalue weighted by atomic mass is 16.5. The molecular formula is C10H16NO2+. The fraction of sp³-hybridized carbons (Fsp3) is 0.500. The maximum Gasteiger partial charge on any atom is 0.259 e. The maximum atomic E-state index is 9.34. The molecule has 0 saturated carbocycles. The first-order valence-electron chi connectivity index (χ1n) is 4.32. The fourth-order valence-corrected chi connectivity index (χ4v) is 0.875. The zero-order valence-electron chi connectivity index (χ0n) is 8.32. The Labute approximate surface area is 78.5 Å². The molecule has 0 aromatic carbocycles. The third-order valence-electron chi connectivity index (χ3n) is 1.57. The Balaban J connectivity index is 2.60. The smallest absolute Gasteiger partial charge is 0.259 e. The summed E-state index contributed by atoms with van der Waals surface area (Å²) in [6.45, 7) is 6.37. The molecular weight excluding hydrogens is 166 g/mol. The van der Waals surface area contributed by atoms with Gasteiger partial charge in [-0.1, -0.05) is 0 Å². The van der Waals surface area contributed by atoms with E-state index < -0.39 is 0 Å². The molecule has 0 spiro atoms. The number of nitrogens with zero attached hydrogens (tertiary/aromatic N) is 1. The predicted octanol–water partition coefficient (Wildman–Crippen LogP) is 1.53. The van der Waals surface area contributed by atoms with Crippen LogP contribution in [0, 0.1) is 0 Å². The molecule has 13 heavy (non-hydrogen) atoms. The van der Waals surface area contributed by atoms with Crippen molar-refractivity contribution >= 4 is 0 Å². The molecule has 72 valence electrons. The maximum absolute atomic E-state index is 9.34. The average molecular weight is 182 g/mol. The summed E-state index contributed by atoms with van der Waals surface area (Å²) in [4.78, 5) is 0. The van der Waals surface area contributed by atoms with Gasteiger partial charge in [0.25, 0.3) is 5.69 Å². The first-order valence-corrected chi connectivity index (χ1v) is 4.32. The molecule has 0 aliphatic heterocycles. The molecule has 3 heteroatoms. The molecule has 3 nitrogen and oxygen atoms in total. The van der Waals surface area contributed by atoms with Crippen LogP contribution < -0.4 is 4.73 Å². The lowest BCUT2D eigenvalue weighted by Gasteiger charge is -2.17. The third kappa shape index (κ3) is 3.42. The van der Waals surface area contributed by atoms with Crippen molar-refractivity contribution in [3.8, 4) is 0 Å². The van der Waals surface area contributed by atoms with Gasteiger partial charge in [-0.25, -0.2) is 0 Å². The van der Waals surface area contributed by atoms with Crippen LogP contribution in [0.5, 0.6) is 0 Å². The number of hydrogen-bond acceptors (Lipinski definition) is 2. The number of hydrogen-bond donors (Lipinski definition) is 1. The van der Waals surface area contributed by atoms with E-state index in [0.717, 1.165) is 10.4 Å². The van der Waals surface area contributed by atoms with Crippen molar-refractivity contribution in [1.29, 1.82) is 0 Å². The third-order valence-corrected chi connectivity index (χ3v) is 1.57. The van der Waals surface area contributed by atoms with Gasteiger partial charge in [-0.15, -0.1) is 0 Å². The molecule has 0 aliphatic rings. The van der Waals surface area contributed by atoms with Gasteiger partial charge in [0, 0.05) is 16.9 Å². The van der Waals surface area contributed by atoms with E-state index >= 15 is 0 Å². The summed E-state index contributed by atoms with van der Waals surface area (Å²) in [6, 6.07) is 5.46. The van der Waals surface area contributed by atoms with Crippen LogP contribution in [-0.2, 0) is 11.3 Å². The molecule has 0 radical (unpaired) electrons. The Morgan fingerprint density at radius 1 is 1.38 bits per heavy atom.